The Morgan fingerprint density at radius 2 is 1.76 bits per heavy atom. The Morgan fingerprint density at radius 1 is 1.05 bits per heavy atom. The van der Waals surface area contributed by atoms with E-state index in [-0.39, 0.29) is 33.6 Å². The lowest BCUT2D eigenvalue weighted by Gasteiger charge is -2.14. The van der Waals surface area contributed by atoms with Gasteiger partial charge in [-0.05, 0) is 48.0 Å². The van der Waals surface area contributed by atoms with Gasteiger partial charge in [-0.3, -0.25) is 23.9 Å². The van der Waals surface area contributed by atoms with Crippen molar-refractivity contribution in [1.82, 2.24) is 9.55 Å². The topological polar surface area (TPSA) is 154 Å². The van der Waals surface area contributed by atoms with Crippen LogP contribution in [0, 0.1) is 11.6 Å². The zero-order chi connectivity index (χ0) is 27.6. The van der Waals surface area contributed by atoms with E-state index in [9.17, 15) is 32.7 Å². The fraction of sp³-hybridized carbons (Fsp3) is 0.0417. The van der Waals surface area contributed by atoms with Crippen LogP contribution < -0.4 is 20.6 Å². The molecule has 0 radical (unpaired) electrons. The lowest BCUT2D eigenvalue weighted by Crippen LogP contribution is -2.26. The SMILES string of the molecule is Nc1nccc(Oc2ccc(CC(=O)c3c(OP(=O)(O)O)ccn(-c4ccc(F)cc4)c3=O)cc2F)c1Cl. The van der Waals surface area contributed by atoms with Crippen molar-refractivity contribution in [2.75, 3.05) is 5.73 Å². The predicted octanol–water partition coefficient (Wildman–Crippen LogP) is 4.44. The average Bonchev–Trinajstić information content (AvgIpc) is 2.83. The number of nitrogens with two attached hydrogens (primary N) is 1. The fourth-order valence-electron chi connectivity index (χ4n) is 3.43. The van der Waals surface area contributed by atoms with Gasteiger partial charge in [0.1, 0.15) is 28.0 Å². The number of hydrogen-bond donors (Lipinski definition) is 3. The minimum atomic E-state index is -5.16. The van der Waals surface area contributed by atoms with E-state index < -0.39 is 48.5 Å². The quantitative estimate of drug-likeness (QED) is 0.208. The fourth-order valence-corrected chi connectivity index (χ4v) is 3.99. The molecule has 0 fully saturated rings. The van der Waals surface area contributed by atoms with E-state index in [1.165, 1.54) is 36.5 Å². The maximum absolute atomic E-state index is 14.8. The third-order valence-corrected chi connectivity index (χ3v) is 5.93. The molecule has 2 heterocycles. The number of nitrogens with zero attached hydrogens (tertiary/aromatic N) is 2. The van der Waals surface area contributed by atoms with Gasteiger partial charge in [0.15, 0.2) is 23.1 Å². The number of nitrogen functional groups attached to an aromatic ring is 1. The highest BCUT2D eigenvalue weighted by Gasteiger charge is 2.26. The number of pyridine rings is 2. The highest BCUT2D eigenvalue weighted by Crippen LogP contribution is 2.39. The molecule has 0 spiro atoms. The molecule has 0 aliphatic carbocycles. The first kappa shape index (κ1) is 27.0. The van der Waals surface area contributed by atoms with E-state index in [2.05, 4.69) is 9.51 Å². The number of aromatic nitrogens is 2. The molecular weight excluding hydrogens is 547 g/mol. The normalized spacial score (nSPS) is 11.3. The Hall–Kier alpha value is -4.09. The Bertz CT molecular complexity index is 1640. The van der Waals surface area contributed by atoms with Crippen LogP contribution in [0.3, 0.4) is 0 Å². The number of ketones is 1. The van der Waals surface area contributed by atoms with Crippen LogP contribution in [-0.2, 0) is 11.0 Å². The molecule has 0 saturated heterocycles. The summed E-state index contributed by atoms with van der Waals surface area (Å²) in [4.78, 5) is 48.6. The van der Waals surface area contributed by atoms with Crippen molar-refractivity contribution in [1.29, 1.82) is 0 Å². The van der Waals surface area contributed by atoms with Crippen LogP contribution in [0.1, 0.15) is 15.9 Å². The molecule has 2 aromatic carbocycles. The monoisotopic (exact) mass is 563 g/mol. The van der Waals surface area contributed by atoms with Crippen LogP contribution >= 0.6 is 19.4 Å². The number of carbonyl (C=O) groups excluding carboxylic acids is 1. The van der Waals surface area contributed by atoms with Gasteiger partial charge in [-0.1, -0.05) is 17.7 Å². The van der Waals surface area contributed by atoms with E-state index in [1.807, 2.05) is 0 Å². The lowest BCUT2D eigenvalue weighted by molar-refractivity contribution is 0.0989. The van der Waals surface area contributed by atoms with E-state index >= 15 is 0 Å². The molecule has 14 heteroatoms. The second-order valence-corrected chi connectivity index (χ2v) is 9.31. The van der Waals surface area contributed by atoms with Crippen LogP contribution in [0.25, 0.3) is 5.69 Å². The Balaban J connectivity index is 1.67. The summed E-state index contributed by atoms with van der Waals surface area (Å²) in [5, 5.41) is -0.0229. The van der Waals surface area contributed by atoms with Crippen molar-refractivity contribution in [3.8, 4) is 22.9 Å². The van der Waals surface area contributed by atoms with Crippen molar-refractivity contribution in [2.24, 2.45) is 0 Å². The lowest BCUT2D eigenvalue weighted by atomic mass is 10.0. The van der Waals surface area contributed by atoms with E-state index in [0.717, 1.165) is 35.0 Å². The van der Waals surface area contributed by atoms with Crippen molar-refractivity contribution in [3.05, 3.63) is 105 Å². The van der Waals surface area contributed by atoms with Crippen molar-refractivity contribution < 1.29 is 37.2 Å². The van der Waals surface area contributed by atoms with Gasteiger partial charge >= 0.3 is 7.82 Å². The summed E-state index contributed by atoms with van der Waals surface area (Å²) in [6.07, 6.45) is 1.89. The molecule has 0 aliphatic rings. The van der Waals surface area contributed by atoms with Crippen LogP contribution in [0.4, 0.5) is 14.6 Å². The molecule has 0 saturated carbocycles. The summed E-state index contributed by atoms with van der Waals surface area (Å²) in [5.74, 6) is -3.24. The number of Topliss-reactive ketones (excluding diaryl/α,β-unsaturated/α-hetero) is 1. The number of rotatable bonds is 8. The molecule has 38 heavy (non-hydrogen) atoms. The molecule has 0 aliphatic heterocycles. The highest BCUT2D eigenvalue weighted by atomic mass is 35.5. The molecule has 0 amide bonds. The third kappa shape index (κ3) is 6.06. The third-order valence-electron chi connectivity index (χ3n) is 5.12. The van der Waals surface area contributed by atoms with Crippen molar-refractivity contribution in [2.45, 2.75) is 6.42 Å². The highest BCUT2D eigenvalue weighted by molar-refractivity contribution is 7.46. The van der Waals surface area contributed by atoms with Gasteiger partial charge in [-0.15, -0.1) is 0 Å². The summed E-state index contributed by atoms with van der Waals surface area (Å²) in [6.45, 7) is 0. The van der Waals surface area contributed by atoms with E-state index in [4.69, 9.17) is 22.1 Å². The summed E-state index contributed by atoms with van der Waals surface area (Å²) in [5.41, 5.74) is 4.21. The summed E-state index contributed by atoms with van der Waals surface area (Å²) >= 11 is 6.01. The second kappa shape index (κ2) is 10.7. The van der Waals surface area contributed by atoms with Crippen LogP contribution in [0.5, 0.6) is 17.2 Å². The van der Waals surface area contributed by atoms with Crippen molar-refractivity contribution in [3.63, 3.8) is 0 Å². The molecule has 2 aromatic heterocycles. The molecule has 196 valence electrons. The first-order chi connectivity index (χ1) is 17.9. The Kier molecular flexibility index (Phi) is 7.61. The van der Waals surface area contributed by atoms with Crippen molar-refractivity contribution >= 4 is 31.0 Å². The number of benzene rings is 2. The largest absolute Gasteiger partial charge is 0.524 e. The summed E-state index contributed by atoms with van der Waals surface area (Å²) in [6, 6.07) is 10.7. The van der Waals surface area contributed by atoms with Crippen LogP contribution in [-0.4, -0.2) is 25.1 Å². The number of phosphoric ester groups is 1. The van der Waals surface area contributed by atoms with Gasteiger partial charge in [0.05, 0.1) is 0 Å². The van der Waals surface area contributed by atoms with E-state index in [1.54, 1.807) is 0 Å². The summed E-state index contributed by atoms with van der Waals surface area (Å²) < 4.78 is 50.5. The Labute approximate surface area is 218 Å². The molecule has 0 bridgehead atoms. The minimum Gasteiger partial charge on any atom is -0.453 e. The molecule has 4 aromatic rings. The molecule has 10 nitrogen and oxygen atoms in total. The zero-order valence-corrected chi connectivity index (χ0v) is 20.7. The van der Waals surface area contributed by atoms with Gasteiger partial charge in [0, 0.05) is 30.6 Å². The average molecular weight is 564 g/mol. The number of carbonyl (C=O) groups is 1. The minimum absolute atomic E-state index is 0.0192. The molecule has 0 atom stereocenters. The first-order valence-electron chi connectivity index (χ1n) is 10.6. The Morgan fingerprint density at radius 3 is 2.42 bits per heavy atom. The van der Waals surface area contributed by atoms with Gasteiger partial charge in [0.25, 0.3) is 5.56 Å². The molecular formula is C24H17ClF2N3O7P. The maximum Gasteiger partial charge on any atom is 0.524 e. The second-order valence-electron chi connectivity index (χ2n) is 7.76. The number of ether oxygens (including phenoxy) is 1. The van der Waals surface area contributed by atoms with E-state index in [0.29, 0.717) is 0 Å². The van der Waals surface area contributed by atoms with Gasteiger partial charge in [0.2, 0.25) is 0 Å². The number of hydrogen-bond acceptors (Lipinski definition) is 7. The zero-order valence-electron chi connectivity index (χ0n) is 19.0. The number of halogens is 3. The molecule has 4 N–H and O–H groups in total. The van der Waals surface area contributed by atoms with Gasteiger partial charge in [-0.25, -0.2) is 18.3 Å². The predicted molar refractivity (Wildman–Crippen MR) is 133 cm³/mol. The standard InChI is InChI=1S/C24H17ClF2N3O7P/c25-22-20(7-9-29-23(22)28)36-18-6-1-13(11-16(18)27)12-17(31)21-19(37-38(33,34)35)8-10-30(24(21)32)15-4-2-14(26)3-5-15/h1-11H,12H2,(H2,28,29)(H2,33,34,35). The first-order valence-corrected chi connectivity index (χ1v) is 12.5. The molecule has 4 rings (SSSR count). The summed E-state index contributed by atoms with van der Waals surface area (Å²) in [7, 11) is -5.16. The van der Waals surface area contributed by atoms with Crippen LogP contribution in [0.2, 0.25) is 5.02 Å². The molecule has 0 unspecified atom stereocenters. The van der Waals surface area contributed by atoms with Gasteiger partial charge in [-0.2, -0.15) is 0 Å². The van der Waals surface area contributed by atoms with Crippen LogP contribution in [0.15, 0.2) is 71.8 Å². The van der Waals surface area contributed by atoms with Gasteiger partial charge < -0.3 is 15.0 Å². The maximum atomic E-state index is 14.8. The smallest absolute Gasteiger partial charge is 0.453 e. The number of phosphoric acid groups is 1. The number of anilines is 1.